The SMILES string of the molecule is c1ccc(CC2CCN(c3ncc(-c4c[nH]c5ccccc45)[nH]3)CC2)cc1. The van der Waals surface area contributed by atoms with Crippen molar-refractivity contribution < 1.29 is 0 Å². The number of rotatable bonds is 4. The summed E-state index contributed by atoms with van der Waals surface area (Å²) in [6, 6.07) is 19.2. The predicted octanol–water partition coefficient (Wildman–Crippen LogP) is 5.02. The van der Waals surface area contributed by atoms with Gasteiger partial charge in [0.05, 0.1) is 11.9 Å². The van der Waals surface area contributed by atoms with Crippen LogP contribution in [0.15, 0.2) is 67.0 Å². The van der Waals surface area contributed by atoms with E-state index in [9.17, 15) is 0 Å². The zero-order valence-corrected chi connectivity index (χ0v) is 15.4. The molecule has 4 heteroatoms. The van der Waals surface area contributed by atoms with Gasteiger partial charge >= 0.3 is 0 Å². The molecule has 4 aromatic rings. The summed E-state index contributed by atoms with van der Waals surface area (Å²) >= 11 is 0. The Balaban J connectivity index is 1.27. The first kappa shape index (κ1) is 16.2. The van der Waals surface area contributed by atoms with Crippen LogP contribution in [0.25, 0.3) is 22.2 Å². The minimum Gasteiger partial charge on any atom is -0.360 e. The molecule has 0 unspecified atom stereocenters. The lowest BCUT2D eigenvalue weighted by Gasteiger charge is -2.31. The molecule has 1 aliphatic heterocycles. The third-order valence-electron chi connectivity index (χ3n) is 5.72. The molecule has 1 aliphatic rings. The number of hydrogen-bond acceptors (Lipinski definition) is 2. The van der Waals surface area contributed by atoms with Gasteiger partial charge in [-0.25, -0.2) is 4.98 Å². The Bertz CT molecular complexity index is 1020. The van der Waals surface area contributed by atoms with Gasteiger partial charge in [-0.1, -0.05) is 48.5 Å². The largest absolute Gasteiger partial charge is 0.360 e. The van der Waals surface area contributed by atoms with Crippen LogP contribution in [0, 0.1) is 5.92 Å². The van der Waals surface area contributed by atoms with Crippen LogP contribution in [0.1, 0.15) is 18.4 Å². The zero-order chi connectivity index (χ0) is 18.1. The van der Waals surface area contributed by atoms with Gasteiger partial charge < -0.3 is 14.9 Å². The highest BCUT2D eigenvalue weighted by Gasteiger charge is 2.21. The number of para-hydroxylation sites is 1. The first-order valence-electron chi connectivity index (χ1n) is 9.77. The van der Waals surface area contributed by atoms with Crippen molar-refractivity contribution in [3.8, 4) is 11.3 Å². The fourth-order valence-corrected chi connectivity index (χ4v) is 4.20. The first-order valence-corrected chi connectivity index (χ1v) is 9.77. The summed E-state index contributed by atoms with van der Waals surface area (Å²) < 4.78 is 0. The number of aromatic nitrogens is 3. The summed E-state index contributed by atoms with van der Waals surface area (Å²) in [7, 11) is 0. The fraction of sp³-hybridized carbons (Fsp3) is 0.261. The maximum absolute atomic E-state index is 4.67. The molecule has 2 aromatic carbocycles. The summed E-state index contributed by atoms with van der Waals surface area (Å²) in [4.78, 5) is 13.9. The first-order chi connectivity index (χ1) is 13.4. The summed E-state index contributed by atoms with van der Waals surface area (Å²) in [6.07, 6.45) is 7.65. The Kier molecular flexibility index (Phi) is 4.17. The van der Waals surface area contributed by atoms with Crippen LogP contribution in [0.4, 0.5) is 5.95 Å². The molecule has 1 saturated heterocycles. The van der Waals surface area contributed by atoms with Crippen molar-refractivity contribution in [2.75, 3.05) is 18.0 Å². The number of piperidine rings is 1. The maximum atomic E-state index is 4.67. The molecule has 0 amide bonds. The fourth-order valence-electron chi connectivity index (χ4n) is 4.20. The number of hydrogen-bond donors (Lipinski definition) is 2. The second-order valence-electron chi connectivity index (χ2n) is 7.49. The van der Waals surface area contributed by atoms with Gasteiger partial charge in [-0.15, -0.1) is 0 Å². The standard InChI is InChI=1S/C23H24N4/c1-2-6-17(7-3-1)14-18-10-12-27(13-11-18)23-25-16-22(26-23)20-15-24-21-9-5-4-8-19(20)21/h1-9,15-16,18,24H,10-14H2,(H,25,26). The Hall–Kier alpha value is -3.01. The van der Waals surface area contributed by atoms with Crippen molar-refractivity contribution in [1.29, 1.82) is 0 Å². The molecule has 0 spiro atoms. The topological polar surface area (TPSA) is 47.7 Å². The second kappa shape index (κ2) is 6.95. The minimum absolute atomic E-state index is 0.770. The molecule has 2 aromatic heterocycles. The van der Waals surface area contributed by atoms with Gasteiger partial charge in [0, 0.05) is 35.8 Å². The number of nitrogens with zero attached hydrogens (tertiary/aromatic N) is 2. The van der Waals surface area contributed by atoms with Crippen LogP contribution in [0.5, 0.6) is 0 Å². The minimum atomic E-state index is 0.770. The highest BCUT2D eigenvalue weighted by Crippen LogP contribution is 2.30. The number of fused-ring (bicyclic) bond motifs is 1. The molecule has 5 rings (SSSR count). The summed E-state index contributed by atoms with van der Waals surface area (Å²) in [5.74, 6) is 1.76. The molecular weight excluding hydrogens is 332 g/mol. The molecule has 0 saturated carbocycles. The van der Waals surface area contributed by atoms with Crippen LogP contribution in [-0.2, 0) is 6.42 Å². The van der Waals surface area contributed by atoms with Gasteiger partial charge in [0.25, 0.3) is 0 Å². The molecule has 0 radical (unpaired) electrons. The van der Waals surface area contributed by atoms with E-state index >= 15 is 0 Å². The highest BCUT2D eigenvalue weighted by molar-refractivity contribution is 5.94. The number of anilines is 1. The van der Waals surface area contributed by atoms with E-state index in [0.717, 1.165) is 36.2 Å². The van der Waals surface area contributed by atoms with Crippen LogP contribution >= 0.6 is 0 Å². The van der Waals surface area contributed by atoms with E-state index in [-0.39, 0.29) is 0 Å². The van der Waals surface area contributed by atoms with Gasteiger partial charge in [-0.2, -0.15) is 0 Å². The smallest absolute Gasteiger partial charge is 0.203 e. The van der Waals surface area contributed by atoms with E-state index in [0.29, 0.717) is 0 Å². The lowest BCUT2D eigenvalue weighted by atomic mass is 9.90. The van der Waals surface area contributed by atoms with Gasteiger partial charge in [-0.3, -0.25) is 0 Å². The highest BCUT2D eigenvalue weighted by atomic mass is 15.3. The third-order valence-corrected chi connectivity index (χ3v) is 5.72. The van der Waals surface area contributed by atoms with E-state index in [4.69, 9.17) is 0 Å². The third kappa shape index (κ3) is 3.23. The average molecular weight is 356 g/mol. The molecule has 27 heavy (non-hydrogen) atoms. The Morgan fingerprint density at radius 3 is 2.59 bits per heavy atom. The lowest BCUT2D eigenvalue weighted by Crippen LogP contribution is -2.35. The van der Waals surface area contributed by atoms with Crippen molar-refractivity contribution in [3.05, 3.63) is 72.6 Å². The number of aromatic amines is 2. The van der Waals surface area contributed by atoms with Crippen LogP contribution in [-0.4, -0.2) is 28.0 Å². The van der Waals surface area contributed by atoms with Crippen molar-refractivity contribution in [3.63, 3.8) is 0 Å². The number of imidazole rings is 1. The number of H-pyrrole nitrogens is 2. The molecule has 3 heterocycles. The van der Waals surface area contributed by atoms with Crippen molar-refractivity contribution in [1.82, 2.24) is 15.0 Å². The van der Waals surface area contributed by atoms with E-state index in [1.165, 1.54) is 35.8 Å². The molecule has 136 valence electrons. The molecule has 0 bridgehead atoms. The van der Waals surface area contributed by atoms with E-state index in [1.54, 1.807) is 0 Å². The monoisotopic (exact) mass is 356 g/mol. The molecule has 4 nitrogen and oxygen atoms in total. The normalized spacial score (nSPS) is 15.5. The van der Waals surface area contributed by atoms with Gasteiger partial charge in [0.15, 0.2) is 0 Å². The van der Waals surface area contributed by atoms with E-state index < -0.39 is 0 Å². The molecule has 2 N–H and O–H groups in total. The van der Waals surface area contributed by atoms with Gasteiger partial charge in [0.1, 0.15) is 0 Å². The molecule has 0 atom stereocenters. The summed E-state index contributed by atoms with van der Waals surface area (Å²) in [6.45, 7) is 2.14. The number of benzene rings is 2. The van der Waals surface area contributed by atoms with E-state index in [1.807, 2.05) is 6.20 Å². The van der Waals surface area contributed by atoms with Crippen molar-refractivity contribution in [2.24, 2.45) is 5.92 Å². The molecule has 1 fully saturated rings. The second-order valence-corrected chi connectivity index (χ2v) is 7.49. The lowest BCUT2D eigenvalue weighted by molar-refractivity contribution is 0.401. The summed E-state index contributed by atoms with van der Waals surface area (Å²) in [5, 5.41) is 1.23. The molecular formula is C23H24N4. The van der Waals surface area contributed by atoms with Crippen LogP contribution in [0.2, 0.25) is 0 Å². The van der Waals surface area contributed by atoms with Gasteiger partial charge in [-0.05, 0) is 36.8 Å². The Morgan fingerprint density at radius 1 is 0.963 bits per heavy atom. The molecule has 0 aliphatic carbocycles. The van der Waals surface area contributed by atoms with Crippen molar-refractivity contribution >= 4 is 16.9 Å². The zero-order valence-electron chi connectivity index (χ0n) is 15.4. The van der Waals surface area contributed by atoms with Gasteiger partial charge in [0.2, 0.25) is 5.95 Å². The Morgan fingerprint density at radius 2 is 1.74 bits per heavy atom. The van der Waals surface area contributed by atoms with Crippen LogP contribution in [0.3, 0.4) is 0 Å². The van der Waals surface area contributed by atoms with E-state index in [2.05, 4.69) is 80.6 Å². The quantitative estimate of drug-likeness (QED) is 0.539. The average Bonchev–Trinajstić information content (AvgIpc) is 3.36. The Labute approximate surface area is 159 Å². The maximum Gasteiger partial charge on any atom is 0.203 e. The van der Waals surface area contributed by atoms with Crippen LogP contribution < -0.4 is 4.90 Å². The predicted molar refractivity (Wildman–Crippen MR) is 111 cm³/mol. The summed E-state index contributed by atoms with van der Waals surface area (Å²) in [5.41, 5.74) is 4.87. The van der Waals surface area contributed by atoms with Crippen molar-refractivity contribution in [2.45, 2.75) is 19.3 Å². The number of nitrogens with one attached hydrogen (secondary N) is 2.